The van der Waals surface area contributed by atoms with Crippen LogP contribution in [0, 0.1) is 24.2 Å². The minimum absolute atomic E-state index is 0. The van der Waals surface area contributed by atoms with Crippen LogP contribution in [-0.2, 0) is 9.53 Å². The zero-order valence-corrected chi connectivity index (χ0v) is 23.4. The predicted molar refractivity (Wildman–Crippen MR) is 164 cm³/mol. The number of rotatable bonds is 20. The number of hydrogen-bond acceptors (Lipinski definition) is 5. The van der Waals surface area contributed by atoms with E-state index in [1.54, 1.807) is 0 Å². The van der Waals surface area contributed by atoms with Crippen molar-refractivity contribution in [1.29, 1.82) is 0 Å². The van der Waals surface area contributed by atoms with Crippen LogP contribution in [0.4, 0.5) is 0 Å². The van der Waals surface area contributed by atoms with Gasteiger partial charge in [-0.15, -0.1) is 6.42 Å². The first-order chi connectivity index (χ1) is 16.0. The number of thioether (sulfide) groups is 2. The Morgan fingerprint density at radius 2 is 1.34 bits per heavy atom. The predicted octanol–water partition coefficient (Wildman–Crippen LogP) is 8.82. The average Bonchev–Trinajstić information content (AvgIpc) is 2.80. The van der Waals surface area contributed by atoms with Crippen molar-refractivity contribution >= 4 is 29.5 Å². The molecule has 0 aliphatic rings. The molecule has 208 valence electrons. The molecule has 1 N–H and O–H groups in total. The molecule has 0 amide bonds. The number of aliphatic hydroxyl groups excluding tert-OH is 1. The molecule has 0 bridgehead atoms. The number of carbonyl (C=O) groups is 1. The number of aliphatic hydroxyl groups is 1. The maximum absolute atomic E-state index is 11.0. The second kappa shape index (κ2) is 35.3. The Balaban J connectivity index is -0.000000270. The van der Waals surface area contributed by atoms with E-state index >= 15 is 0 Å². The second-order valence-corrected chi connectivity index (χ2v) is 10.7. The van der Waals surface area contributed by atoms with Gasteiger partial charge in [0.2, 0.25) is 0 Å². The Labute approximate surface area is 228 Å². The van der Waals surface area contributed by atoms with Crippen molar-refractivity contribution in [2.45, 2.75) is 100 Å². The summed E-state index contributed by atoms with van der Waals surface area (Å²) in [5.74, 6) is 7.64. The van der Waals surface area contributed by atoms with Gasteiger partial charge in [0.1, 0.15) is 13.0 Å². The minimum atomic E-state index is -0.292. The molecule has 0 saturated carbocycles. The Kier molecular flexibility index (Phi) is 41.7. The van der Waals surface area contributed by atoms with Crippen molar-refractivity contribution < 1.29 is 14.6 Å². The van der Waals surface area contributed by atoms with E-state index in [4.69, 9.17) is 16.3 Å². The Morgan fingerprint density at radius 3 is 1.77 bits per heavy atom. The van der Waals surface area contributed by atoms with Gasteiger partial charge in [0.05, 0.1) is 6.61 Å². The zero-order valence-electron chi connectivity index (χ0n) is 21.7. The number of hydrogen-bond donors (Lipinski definition) is 1. The summed E-state index contributed by atoms with van der Waals surface area (Å²) in [6.07, 6.45) is 23.9. The Hall–Kier alpha value is -0.830. The average molecular weight is 531 g/mol. The van der Waals surface area contributed by atoms with Gasteiger partial charge in [0.15, 0.2) is 0 Å². The summed E-state index contributed by atoms with van der Waals surface area (Å²) in [7, 11) is 0. The van der Waals surface area contributed by atoms with Gasteiger partial charge in [0, 0.05) is 11.5 Å². The highest BCUT2D eigenvalue weighted by atomic mass is 32.2. The van der Waals surface area contributed by atoms with Gasteiger partial charge < -0.3 is 9.84 Å². The van der Waals surface area contributed by atoms with Crippen LogP contribution < -0.4 is 0 Å². The summed E-state index contributed by atoms with van der Waals surface area (Å²) >= 11 is 3.70. The number of allylic oxidation sites excluding steroid dienone is 4. The van der Waals surface area contributed by atoms with Crippen molar-refractivity contribution in [1.82, 2.24) is 0 Å². The Morgan fingerprint density at radius 1 is 0.857 bits per heavy atom. The van der Waals surface area contributed by atoms with Crippen molar-refractivity contribution in [3.05, 3.63) is 24.3 Å². The summed E-state index contributed by atoms with van der Waals surface area (Å²) in [5, 5.41) is 8.60. The topological polar surface area (TPSA) is 46.5 Å². The van der Waals surface area contributed by atoms with Gasteiger partial charge in [-0.1, -0.05) is 72.8 Å². The highest BCUT2D eigenvalue weighted by Crippen LogP contribution is 2.15. The van der Waals surface area contributed by atoms with Crippen molar-refractivity contribution in [2.75, 3.05) is 36.2 Å². The molecule has 0 saturated heterocycles. The zero-order chi connectivity index (χ0) is 25.0. The fraction of sp³-hybridized carbons (Fsp3) is 0.767. The summed E-state index contributed by atoms with van der Waals surface area (Å²) in [5.41, 5.74) is 0. The molecule has 5 heteroatoms. The molecule has 0 heterocycles. The standard InChI is InChI=1S/C16H26O2S.C12H24OS.2CH4/c1-4-6-7-8-10-15(3)11-13-19-14-12-18-16(17)9-5-2;1-3-4-5-6-7-12(2)8-10-14-11-9-13;;/h2,6-7,15H,4,8-14H2,1,3H3;4-5,12-13H,3,6-11H2,1-2H3;2*1H4. The van der Waals surface area contributed by atoms with E-state index in [0.29, 0.717) is 13.2 Å². The van der Waals surface area contributed by atoms with Gasteiger partial charge >= 0.3 is 5.97 Å². The van der Waals surface area contributed by atoms with Crippen molar-refractivity contribution in [3.63, 3.8) is 0 Å². The van der Waals surface area contributed by atoms with Crippen LogP contribution in [0.15, 0.2) is 24.3 Å². The lowest BCUT2D eigenvalue weighted by molar-refractivity contribution is -0.141. The van der Waals surface area contributed by atoms with E-state index in [2.05, 4.69) is 57.9 Å². The van der Waals surface area contributed by atoms with Gasteiger partial charge in [-0.2, -0.15) is 23.5 Å². The van der Waals surface area contributed by atoms with Crippen LogP contribution in [0.3, 0.4) is 0 Å². The number of terminal acetylenes is 1. The molecular weight excluding hydrogens is 472 g/mol. The normalized spacial score (nSPS) is 12.1. The fourth-order valence-electron chi connectivity index (χ4n) is 2.81. The van der Waals surface area contributed by atoms with Crippen LogP contribution >= 0.6 is 23.5 Å². The molecular formula is C30H58O3S2. The van der Waals surface area contributed by atoms with Crippen LogP contribution in [0.1, 0.15) is 100 Å². The molecule has 0 radical (unpaired) electrons. The molecule has 2 unspecified atom stereocenters. The van der Waals surface area contributed by atoms with Gasteiger partial charge in [-0.05, 0) is 74.7 Å². The molecule has 0 rings (SSSR count). The summed E-state index contributed by atoms with van der Waals surface area (Å²) in [6.45, 7) is 9.74. The molecule has 35 heavy (non-hydrogen) atoms. The minimum Gasteiger partial charge on any atom is -0.464 e. The van der Waals surface area contributed by atoms with E-state index in [0.717, 1.165) is 41.9 Å². The maximum atomic E-state index is 11.0. The van der Waals surface area contributed by atoms with Gasteiger partial charge in [-0.3, -0.25) is 4.79 Å². The lowest BCUT2D eigenvalue weighted by atomic mass is 10.0. The first-order valence-electron chi connectivity index (χ1n) is 12.7. The fourth-order valence-corrected chi connectivity index (χ4v) is 4.68. The molecule has 2 atom stereocenters. The third-order valence-corrected chi connectivity index (χ3v) is 6.92. The van der Waals surface area contributed by atoms with Crippen LogP contribution in [0.25, 0.3) is 0 Å². The Bertz CT molecular complexity index is 512. The number of ether oxygens (including phenoxy) is 1. The van der Waals surface area contributed by atoms with Crippen LogP contribution in [-0.4, -0.2) is 47.3 Å². The van der Waals surface area contributed by atoms with Crippen molar-refractivity contribution in [2.24, 2.45) is 11.8 Å². The third kappa shape index (κ3) is 37.9. The summed E-state index contributed by atoms with van der Waals surface area (Å²) in [4.78, 5) is 11.0. The highest BCUT2D eigenvalue weighted by molar-refractivity contribution is 7.99. The lowest BCUT2D eigenvalue weighted by Crippen LogP contribution is -2.06. The largest absolute Gasteiger partial charge is 0.464 e. The summed E-state index contributed by atoms with van der Waals surface area (Å²) < 4.78 is 4.97. The second-order valence-electron chi connectivity index (χ2n) is 8.25. The molecule has 0 spiro atoms. The quantitative estimate of drug-likeness (QED) is 0.0737. The van der Waals surface area contributed by atoms with Gasteiger partial charge in [-0.25, -0.2) is 0 Å². The third-order valence-electron chi connectivity index (χ3n) is 4.94. The lowest BCUT2D eigenvalue weighted by Gasteiger charge is -2.09. The molecule has 0 aliphatic heterocycles. The smallest absolute Gasteiger partial charge is 0.317 e. The van der Waals surface area contributed by atoms with E-state index < -0.39 is 0 Å². The van der Waals surface area contributed by atoms with Gasteiger partial charge in [0.25, 0.3) is 0 Å². The number of esters is 1. The molecule has 0 aromatic rings. The van der Waals surface area contributed by atoms with Crippen LogP contribution in [0.5, 0.6) is 0 Å². The molecule has 3 nitrogen and oxygen atoms in total. The summed E-state index contributed by atoms with van der Waals surface area (Å²) in [6, 6.07) is 0. The van der Waals surface area contributed by atoms with Crippen LogP contribution in [0.2, 0.25) is 0 Å². The number of carbonyl (C=O) groups excluding carboxylic acids is 1. The SMILES string of the molecule is C.C.C#CCC(=O)OCCSCCC(C)CCC=CCC.CCC=CCCC(C)CCSCCO. The van der Waals surface area contributed by atoms with E-state index in [9.17, 15) is 4.79 Å². The highest BCUT2D eigenvalue weighted by Gasteiger charge is 2.02. The molecule has 0 aromatic heterocycles. The first-order valence-corrected chi connectivity index (χ1v) is 15.0. The first kappa shape index (κ1) is 41.3. The van der Waals surface area contributed by atoms with E-state index in [1.807, 2.05) is 23.5 Å². The monoisotopic (exact) mass is 530 g/mol. The van der Waals surface area contributed by atoms with E-state index in [1.165, 1.54) is 44.3 Å². The van der Waals surface area contributed by atoms with Crippen molar-refractivity contribution in [3.8, 4) is 12.3 Å². The maximum Gasteiger partial charge on any atom is 0.317 e. The molecule has 0 aliphatic carbocycles. The molecule has 0 aromatic carbocycles. The molecule has 0 fully saturated rings. The van der Waals surface area contributed by atoms with E-state index in [-0.39, 0.29) is 27.2 Å².